The first-order valence-electron chi connectivity index (χ1n) is 8.35. The molecule has 8 heteroatoms. The third-order valence-corrected chi connectivity index (χ3v) is 6.50. The largest absolute Gasteiger partial charge is 0.495 e. The normalized spacial score (nSPS) is 21.5. The van der Waals surface area contributed by atoms with E-state index in [0.717, 1.165) is 12.8 Å². The Morgan fingerprint density at radius 2 is 1.92 bits per heavy atom. The van der Waals surface area contributed by atoms with E-state index in [1.54, 1.807) is 0 Å². The Kier molecular flexibility index (Phi) is 5.10. The standard InChI is InChI=1S/C17H21NO6S/c1-23-15-8-7-12(17(20)24-14-6-4-5-13(14)19)11-16(15)25(21,22)18-9-2-3-10-18/h7-8,11,14H,2-6,9-10H2,1H3/t14-/m1/s1. The molecule has 0 bridgehead atoms. The molecule has 1 aromatic carbocycles. The number of carbonyl (C=O) groups excluding carboxylic acids is 2. The third kappa shape index (κ3) is 3.55. The lowest BCUT2D eigenvalue weighted by Crippen LogP contribution is -2.28. The van der Waals surface area contributed by atoms with Gasteiger partial charge in [-0.3, -0.25) is 4.79 Å². The zero-order valence-electron chi connectivity index (χ0n) is 14.1. The summed E-state index contributed by atoms with van der Waals surface area (Å²) in [6.07, 6.45) is 2.52. The van der Waals surface area contributed by atoms with E-state index in [4.69, 9.17) is 9.47 Å². The molecule has 7 nitrogen and oxygen atoms in total. The van der Waals surface area contributed by atoms with Crippen molar-refractivity contribution in [2.45, 2.75) is 43.1 Å². The molecule has 2 aliphatic rings. The molecule has 0 spiro atoms. The number of benzene rings is 1. The summed E-state index contributed by atoms with van der Waals surface area (Å²) in [6, 6.07) is 4.16. The van der Waals surface area contributed by atoms with Crippen molar-refractivity contribution in [1.82, 2.24) is 4.31 Å². The van der Waals surface area contributed by atoms with Crippen molar-refractivity contribution in [2.24, 2.45) is 0 Å². The van der Waals surface area contributed by atoms with Crippen molar-refractivity contribution in [3.63, 3.8) is 0 Å². The SMILES string of the molecule is COc1ccc(C(=O)O[C@@H]2CCCC2=O)cc1S(=O)(=O)N1CCCC1. The average molecular weight is 367 g/mol. The van der Waals surface area contributed by atoms with Crippen molar-refractivity contribution in [2.75, 3.05) is 20.2 Å². The fourth-order valence-corrected chi connectivity index (χ4v) is 4.88. The molecular formula is C17H21NO6S. The summed E-state index contributed by atoms with van der Waals surface area (Å²) >= 11 is 0. The van der Waals surface area contributed by atoms with Crippen molar-refractivity contribution in [3.8, 4) is 5.75 Å². The molecule has 25 heavy (non-hydrogen) atoms. The molecule has 136 valence electrons. The van der Waals surface area contributed by atoms with E-state index < -0.39 is 22.1 Å². The van der Waals surface area contributed by atoms with Gasteiger partial charge >= 0.3 is 5.97 Å². The summed E-state index contributed by atoms with van der Waals surface area (Å²) in [6.45, 7) is 0.910. The van der Waals surface area contributed by atoms with Crippen molar-refractivity contribution >= 4 is 21.8 Å². The lowest BCUT2D eigenvalue weighted by Gasteiger charge is -2.18. The Labute approximate surface area is 147 Å². The minimum atomic E-state index is -3.74. The zero-order chi connectivity index (χ0) is 18.0. The fraction of sp³-hybridized carbons (Fsp3) is 0.529. The number of sulfonamides is 1. The number of ketones is 1. The molecule has 0 unspecified atom stereocenters. The molecule has 1 saturated heterocycles. The van der Waals surface area contributed by atoms with Gasteiger partial charge in [-0.25, -0.2) is 13.2 Å². The second kappa shape index (κ2) is 7.13. The van der Waals surface area contributed by atoms with Crippen LogP contribution in [0.2, 0.25) is 0 Å². The van der Waals surface area contributed by atoms with Crippen LogP contribution in [0.15, 0.2) is 23.1 Å². The second-order valence-corrected chi connectivity index (χ2v) is 8.14. The first kappa shape index (κ1) is 17.9. The summed E-state index contributed by atoms with van der Waals surface area (Å²) in [4.78, 5) is 23.9. The number of methoxy groups -OCH3 is 1. The maximum absolute atomic E-state index is 12.8. The Balaban J connectivity index is 1.89. The number of rotatable bonds is 5. The van der Waals surface area contributed by atoms with E-state index >= 15 is 0 Å². The monoisotopic (exact) mass is 367 g/mol. The van der Waals surface area contributed by atoms with Crippen LogP contribution in [-0.4, -0.2) is 50.8 Å². The fourth-order valence-electron chi connectivity index (χ4n) is 3.18. The van der Waals surface area contributed by atoms with Gasteiger partial charge in [-0.2, -0.15) is 4.31 Å². The average Bonchev–Trinajstić information content (AvgIpc) is 3.27. The molecule has 0 N–H and O–H groups in total. The summed E-state index contributed by atoms with van der Waals surface area (Å²) in [5.41, 5.74) is 0.0956. The van der Waals surface area contributed by atoms with Crippen molar-refractivity contribution in [1.29, 1.82) is 0 Å². The number of ether oxygens (including phenoxy) is 2. The highest BCUT2D eigenvalue weighted by Crippen LogP contribution is 2.30. The van der Waals surface area contributed by atoms with Gasteiger partial charge in [0.05, 0.1) is 12.7 Å². The van der Waals surface area contributed by atoms with Crippen LogP contribution in [0.1, 0.15) is 42.5 Å². The van der Waals surface area contributed by atoms with Crippen LogP contribution in [-0.2, 0) is 19.6 Å². The molecule has 2 fully saturated rings. The number of hydrogen-bond donors (Lipinski definition) is 0. The van der Waals surface area contributed by atoms with Gasteiger partial charge in [-0.15, -0.1) is 0 Å². The number of carbonyl (C=O) groups is 2. The van der Waals surface area contributed by atoms with Gasteiger partial charge in [-0.05, 0) is 43.9 Å². The van der Waals surface area contributed by atoms with E-state index in [-0.39, 0.29) is 22.0 Å². The Hall–Kier alpha value is -1.93. The maximum Gasteiger partial charge on any atom is 0.338 e. The highest BCUT2D eigenvalue weighted by molar-refractivity contribution is 7.89. The number of esters is 1. The molecule has 1 atom stereocenters. The van der Waals surface area contributed by atoms with Gasteiger partial charge in [0, 0.05) is 19.5 Å². The van der Waals surface area contributed by atoms with E-state index in [2.05, 4.69) is 0 Å². The molecule has 0 aromatic heterocycles. The minimum Gasteiger partial charge on any atom is -0.495 e. The van der Waals surface area contributed by atoms with Gasteiger partial charge < -0.3 is 9.47 Å². The second-order valence-electron chi connectivity index (χ2n) is 6.23. The number of Topliss-reactive ketones (excluding diaryl/α,β-unsaturated/α-hetero) is 1. The Morgan fingerprint density at radius 3 is 2.52 bits per heavy atom. The van der Waals surface area contributed by atoms with Gasteiger partial charge in [0.2, 0.25) is 10.0 Å². The number of hydrogen-bond acceptors (Lipinski definition) is 6. The highest BCUT2D eigenvalue weighted by Gasteiger charge is 2.32. The summed E-state index contributed by atoms with van der Waals surface area (Å²) in [5.74, 6) is -0.604. The topological polar surface area (TPSA) is 90.0 Å². The van der Waals surface area contributed by atoms with Crippen LogP contribution < -0.4 is 4.74 Å². The van der Waals surface area contributed by atoms with Crippen LogP contribution in [0, 0.1) is 0 Å². The molecule has 1 aromatic rings. The maximum atomic E-state index is 12.8. The summed E-state index contributed by atoms with van der Waals surface area (Å²) < 4.78 is 37.4. The lowest BCUT2D eigenvalue weighted by molar-refractivity contribution is -0.124. The van der Waals surface area contributed by atoms with Gasteiger partial charge in [0.1, 0.15) is 10.6 Å². The Bertz CT molecular complexity index is 782. The van der Waals surface area contributed by atoms with Crippen LogP contribution >= 0.6 is 0 Å². The quantitative estimate of drug-likeness (QED) is 0.737. The molecule has 1 saturated carbocycles. The highest BCUT2D eigenvalue weighted by atomic mass is 32.2. The van der Waals surface area contributed by atoms with Crippen molar-refractivity contribution in [3.05, 3.63) is 23.8 Å². The van der Waals surface area contributed by atoms with Crippen molar-refractivity contribution < 1.29 is 27.5 Å². The van der Waals surface area contributed by atoms with Crippen LogP contribution in [0.3, 0.4) is 0 Å². The van der Waals surface area contributed by atoms with E-state index in [1.165, 1.54) is 29.6 Å². The predicted octanol–water partition coefficient (Wildman–Crippen LogP) is 1.76. The smallest absolute Gasteiger partial charge is 0.338 e. The van der Waals surface area contributed by atoms with Gasteiger partial charge in [-0.1, -0.05) is 0 Å². The number of nitrogens with zero attached hydrogens (tertiary/aromatic N) is 1. The van der Waals surface area contributed by atoms with E-state index in [9.17, 15) is 18.0 Å². The molecule has 1 heterocycles. The molecule has 0 radical (unpaired) electrons. The summed E-state index contributed by atoms with van der Waals surface area (Å²) in [5, 5.41) is 0. The molecular weight excluding hydrogens is 346 g/mol. The summed E-state index contributed by atoms with van der Waals surface area (Å²) in [7, 11) is -2.36. The minimum absolute atomic E-state index is 0.0518. The molecule has 3 rings (SSSR count). The van der Waals surface area contributed by atoms with Gasteiger partial charge in [0.25, 0.3) is 0 Å². The zero-order valence-corrected chi connectivity index (χ0v) is 14.9. The Morgan fingerprint density at radius 1 is 1.20 bits per heavy atom. The van der Waals surface area contributed by atoms with Crippen LogP contribution in [0.5, 0.6) is 5.75 Å². The first-order chi connectivity index (χ1) is 11.9. The molecule has 1 aliphatic heterocycles. The van der Waals surface area contributed by atoms with E-state index in [0.29, 0.717) is 32.4 Å². The predicted molar refractivity (Wildman–Crippen MR) is 89.0 cm³/mol. The van der Waals surface area contributed by atoms with E-state index in [1.807, 2.05) is 0 Å². The van der Waals surface area contributed by atoms with Crippen LogP contribution in [0.25, 0.3) is 0 Å². The first-order valence-corrected chi connectivity index (χ1v) is 9.79. The lowest BCUT2D eigenvalue weighted by atomic mass is 10.2. The third-order valence-electron chi connectivity index (χ3n) is 4.58. The van der Waals surface area contributed by atoms with Gasteiger partial charge in [0.15, 0.2) is 11.9 Å². The molecule has 0 amide bonds. The van der Waals surface area contributed by atoms with Crippen LogP contribution in [0.4, 0.5) is 0 Å². The molecule has 1 aliphatic carbocycles.